The molecule has 0 bridgehead atoms. The second-order valence-electron chi connectivity index (χ2n) is 6.65. The van der Waals surface area contributed by atoms with Gasteiger partial charge in [-0.15, -0.1) is 0 Å². The average Bonchev–Trinajstić information content (AvgIpc) is 3.16. The van der Waals surface area contributed by atoms with E-state index in [9.17, 15) is 23.7 Å². The molecule has 4 aromatic rings. The Labute approximate surface area is 178 Å². The lowest BCUT2D eigenvalue weighted by molar-refractivity contribution is -0.385. The summed E-state index contributed by atoms with van der Waals surface area (Å²) in [7, 11) is 0. The fourth-order valence-electron chi connectivity index (χ4n) is 3.14. The molecule has 0 N–H and O–H groups in total. The highest BCUT2D eigenvalue weighted by molar-refractivity contribution is 7.22. The molecule has 2 aromatic heterocycles. The molecule has 0 aliphatic carbocycles. The van der Waals surface area contributed by atoms with Gasteiger partial charge in [-0.1, -0.05) is 23.5 Å². The Balaban J connectivity index is 1.84. The zero-order valence-electron chi connectivity index (χ0n) is 16.1. The van der Waals surface area contributed by atoms with Crippen LogP contribution in [0.1, 0.15) is 21.6 Å². The third-order valence-electron chi connectivity index (χ3n) is 4.66. The maximum atomic E-state index is 14.2. The first-order chi connectivity index (χ1) is 14.8. The van der Waals surface area contributed by atoms with Crippen LogP contribution in [0, 0.1) is 28.7 Å². The molecule has 0 spiro atoms. The molecular weight excluding hydrogens is 426 g/mol. The molecule has 31 heavy (non-hydrogen) atoms. The summed E-state index contributed by atoms with van der Waals surface area (Å²) in [6.07, 6.45) is 1.56. The fourth-order valence-corrected chi connectivity index (χ4v) is 4.14. The van der Waals surface area contributed by atoms with Gasteiger partial charge < -0.3 is 0 Å². The van der Waals surface area contributed by atoms with Crippen molar-refractivity contribution in [3.8, 4) is 0 Å². The van der Waals surface area contributed by atoms with Crippen LogP contribution in [0.2, 0.25) is 0 Å². The minimum absolute atomic E-state index is 0.00821. The summed E-state index contributed by atoms with van der Waals surface area (Å²) in [5.41, 5.74) is 0.583. The predicted molar refractivity (Wildman–Crippen MR) is 112 cm³/mol. The smallest absolute Gasteiger partial charge is 0.273 e. The molecule has 0 fully saturated rings. The number of benzene rings is 2. The number of pyridine rings is 1. The van der Waals surface area contributed by atoms with Crippen molar-refractivity contribution < 1.29 is 18.5 Å². The second-order valence-corrected chi connectivity index (χ2v) is 7.66. The van der Waals surface area contributed by atoms with E-state index in [0.717, 1.165) is 23.5 Å². The van der Waals surface area contributed by atoms with Crippen LogP contribution in [0.25, 0.3) is 10.2 Å². The van der Waals surface area contributed by atoms with Gasteiger partial charge in [0.1, 0.15) is 11.3 Å². The maximum Gasteiger partial charge on any atom is 0.273 e. The third kappa shape index (κ3) is 3.97. The molecule has 0 radical (unpaired) electrons. The number of halogens is 2. The predicted octanol–water partition coefficient (Wildman–Crippen LogP) is 5.03. The van der Waals surface area contributed by atoms with E-state index in [2.05, 4.69) is 9.97 Å². The molecule has 156 valence electrons. The Kier molecular flexibility index (Phi) is 5.38. The molecule has 0 atom stereocenters. The van der Waals surface area contributed by atoms with Gasteiger partial charge in [-0.05, 0) is 31.2 Å². The lowest BCUT2D eigenvalue weighted by atomic mass is 10.1. The van der Waals surface area contributed by atoms with Crippen molar-refractivity contribution >= 4 is 38.3 Å². The quantitative estimate of drug-likeness (QED) is 0.321. The van der Waals surface area contributed by atoms with Crippen LogP contribution in [0.3, 0.4) is 0 Å². The Morgan fingerprint density at radius 3 is 2.71 bits per heavy atom. The third-order valence-corrected chi connectivity index (χ3v) is 5.68. The number of aromatic nitrogens is 2. The number of fused-ring (bicyclic) bond motifs is 1. The first-order valence-electron chi connectivity index (χ1n) is 9.06. The summed E-state index contributed by atoms with van der Waals surface area (Å²) >= 11 is 0.945. The average molecular weight is 440 g/mol. The molecule has 7 nitrogen and oxygen atoms in total. The molecule has 2 heterocycles. The summed E-state index contributed by atoms with van der Waals surface area (Å²) < 4.78 is 28.1. The Bertz CT molecular complexity index is 1310. The van der Waals surface area contributed by atoms with Crippen molar-refractivity contribution in [1.29, 1.82) is 0 Å². The fraction of sp³-hybridized carbons (Fsp3) is 0.0952. The van der Waals surface area contributed by atoms with Crippen molar-refractivity contribution in [3.05, 3.63) is 93.3 Å². The van der Waals surface area contributed by atoms with Crippen LogP contribution in [-0.4, -0.2) is 20.8 Å². The molecule has 0 aliphatic heterocycles. The van der Waals surface area contributed by atoms with E-state index in [-0.39, 0.29) is 38.7 Å². The zero-order valence-corrected chi connectivity index (χ0v) is 16.9. The number of nitro groups is 1. The second kappa shape index (κ2) is 8.15. The van der Waals surface area contributed by atoms with E-state index >= 15 is 0 Å². The highest BCUT2D eigenvalue weighted by Crippen LogP contribution is 2.33. The Morgan fingerprint density at radius 1 is 1.19 bits per heavy atom. The number of hydrogen-bond donors (Lipinski definition) is 0. The van der Waals surface area contributed by atoms with Crippen LogP contribution in [0.4, 0.5) is 19.6 Å². The van der Waals surface area contributed by atoms with Gasteiger partial charge in [-0.25, -0.2) is 13.8 Å². The monoisotopic (exact) mass is 440 g/mol. The summed E-state index contributed by atoms with van der Waals surface area (Å²) in [6.45, 7) is 1.48. The van der Waals surface area contributed by atoms with E-state index in [0.29, 0.717) is 5.69 Å². The minimum Gasteiger partial charge on any atom is -0.278 e. The van der Waals surface area contributed by atoms with E-state index in [1.54, 1.807) is 24.4 Å². The summed E-state index contributed by atoms with van der Waals surface area (Å²) in [6, 6.07) is 11.2. The van der Waals surface area contributed by atoms with Gasteiger partial charge in [-0.2, -0.15) is 0 Å². The van der Waals surface area contributed by atoms with Gasteiger partial charge in [0.25, 0.3) is 11.6 Å². The number of rotatable bonds is 5. The van der Waals surface area contributed by atoms with Crippen LogP contribution in [-0.2, 0) is 6.54 Å². The standard InChI is InChI=1S/C21H14F2N4O3S/c1-12-15(6-4-7-17(12)27(29)30)20(28)26(11-14-5-2-3-8-24-14)21-25-19-16(23)9-13(22)10-18(19)31-21/h2-10H,11H2,1H3. The van der Waals surface area contributed by atoms with Crippen LogP contribution < -0.4 is 4.90 Å². The number of carbonyl (C=O) groups excluding carboxylic acids is 1. The van der Waals surface area contributed by atoms with Gasteiger partial charge in [0.05, 0.1) is 21.9 Å². The van der Waals surface area contributed by atoms with Crippen molar-refractivity contribution in [1.82, 2.24) is 9.97 Å². The van der Waals surface area contributed by atoms with Gasteiger partial charge in [0, 0.05) is 29.5 Å². The number of amides is 1. The first-order valence-corrected chi connectivity index (χ1v) is 9.88. The highest BCUT2D eigenvalue weighted by atomic mass is 32.1. The zero-order chi connectivity index (χ0) is 22.1. The van der Waals surface area contributed by atoms with Gasteiger partial charge in [-0.3, -0.25) is 24.8 Å². The van der Waals surface area contributed by atoms with Crippen LogP contribution in [0.15, 0.2) is 54.7 Å². The molecule has 0 aliphatic rings. The van der Waals surface area contributed by atoms with Crippen molar-refractivity contribution in [2.45, 2.75) is 13.5 Å². The van der Waals surface area contributed by atoms with Crippen molar-refractivity contribution in [2.24, 2.45) is 0 Å². The number of carbonyl (C=O) groups is 1. The van der Waals surface area contributed by atoms with Crippen molar-refractivity contribution in [2.75, 3.05) is 4.90 Å². The van der Waals surface area contributed by atoms with E-state index in [4.69, 9.17) is 0 Å². The SMILES string of the molecule is Cc1c(C(=O)N(Cc2ccccn2)c2nc3c(F)cc(F)cc3s2)cccc1[N+](=O)[O-]. The summed E-state index contributed by atoms with van der Waals surface area (Å²) in [5, 5.41) is 11.4. The van der Waals surface area contributed by atoms with Crippen molar-refractivity contribution in [3.63, 3.8) is 0 Å². The molecule has 2 aromatic carbocycles. The highest BCUT2D eigenvalue weighted by Gasteiger charge is 2.27. The van der Waals surface area contributed by atoms with Crippen LogP contribution in [0.5, 0.6) is 0 Å². The first kappa shape index (κ1) is 20.5. The molecule has 0 saturated heterocycles. The molecule has 1 amide bonds. The summed E-state index contributed by atoms with van der Waals surface area (Å²) in [4.78, 5) is 33.9. The molecule has 0 saturated carbocycles. The number of nitro benzene ring substituents is 1. The van der Waals surface area contributed by atoms with E-state index in [1.165, 1.54) is 30.0 Å². The van der Waals surface area contributed by atoms with Gasteiger partial charge in [0.2, 0.25) is 0 Å². The molecule has 10 heteroatoms. The van der Waals surface area contributed by atoms with E-state index in [1.807, 2.05) is 0 Å². The lowest BCUT2D eigenvalue weighted by Gasteiger charge is -2.20. The van der Waals surface area contributed by atoms with E-state index < -0.39 is 22.5 Å². The number of hydrogen-bond acceptors (Lipinski definition) is 6. The number of anilines is 1. The van der Waals surface area contributed by atoms with Gasteiger partial charge in [0.15, 0.2) is 10.9 Å². The molecule has 4 rings (SSSR count). The molecular formula is C21H14F2N4O3S. The largest absolute Gasteiger partial charge is 0.278 e. The lowest BCUT2D eigenvalue weighted by Crippen LogP contribution is -2.31. The number of thiazole rings is 1. The Morgan fingerprint density at radius 2 is 2.00 bits per heavy atom. The number of nitrogens with zero attached hydrogens (tertiary/aromatic N) is 4. The Hall–Kier alpha value is -3.79. The maximum absolute atomic E-state index is 14.2. The van der Waals surface area contributed by atoms with Crippen LogP contribution >= 0.6 is 11.3 Å². The minimum atomic E-state index is -0.839. The summed E-state index contributed by atoms with van der Waals surface area (Å²) in [5.74, 6) is -2.15. The topological polar surface area (TPSA) is 89.2 Å². The van der Waals surface area contributed by atoms with Gasteiger partial charge >= 0.3 is 0 Å². The normalized spacial score (nSPS) is 10.9. The molecule has 0 unspecified atom stereocenters.